The molecule has 1 aliphatic heterocycles. The van der Waals surface area contributed by atoms with Gasteiger partial charge in [-0.25, -0.2) is 0 Å². The second kappa shape index (κ2) is 6.94. The van der Waals surface area contributed by atoms with E-state index in [2.05, 4.69) is 36.9 Å². The molecular weight excluding hydrogens is 262 g/mol. The highest BCUT2D eigenvalue weighted by molar-refractivity contribution is 5.79. The van der Waals surface area contributed by atoms with Gasteiger partial charge in [0.25, 0.3) is 0 Å². The summed E-state index contributed by atoms with van der Waals surface area (Å²) < 4.78 is 0. The molecule has 1 aromatic carbocycles. The van der Waals surface area contributed by atoms with Gasteiger partial charge in [0.1, 0.15) is 0 Å². The summed E-state index contributed by atoms with van der Waals surface area (Å²) in [5, 5.41) is 0. The number of hydrogen-bond acceptors (Lipinski definition) is 3. The molecule has 1 heterocycles. The van der Waals surface area contributed by atoms with E-state index in [-0.39, 0.29) is 11.8 Å². The van der Waals surface area contributed by atoms with E-state index in [1.165, 1.54) is 16.8 Å². The number of nitrogens with two attached hydrogens (primary N) is 1. The van der Waals surface area contributed by atoms with E-state index in [1.807, 2.05) is 11.8 Å². The van der Waals surface area contributed by atoms with E-state index in [9.17, 15) is 4.79 Å². The molecule has 1 saturated heterocycles. The summed E-state index contributed by atoms with van der Waals surface area (Å²) >= 11 is 0. The summed E-state index contributed by atoms with van der Waals surface area (Å²) in [6.07, 6.45) is 0.826. The van der Waals surface area contributed by atoms with E-state index < -0.39 is 0 Å². The molecule has 4 nitrogen and oxygen atoms in total. The number of aryl methyl sites for hydroxylation is 1. The zero-order valence-electron chi connectivity index (χ0n) is 13.4. The van der Waals surface area contributed by atoms with Crippen molar-refractivity contribution in [2.45, 2.75) is 27.2 Å². The third-order valence-corrected chi connectivity index (χ3v) is 4.63. The number of hydrogen-bond donors (Lipinski definition) is 1. The van der Waals surface area contributed by atoms with Crippen molar-refractivity contribution in [2.24, 2.45) is 11.7 Å². The van der Waals surface area contributed by atoms with Crippen LogP contribution in [0.25, 0.3) is 0 Å². The van der Waals surface area contributed by atoms with Crippen molar-refractivity contribution in [1.29, 1.82) is 0 Å². The van der Waals surface area contributed by atoms with E-state index >= 15 is 0 Å². The standard InChI is InChI=1S/C17H27N3O/c1-4-15(12-18)17(21)20-10-8-19(9-11-20)16-7-5-6-13(2)14(16)3/h5-7,15H,4,8-12,18H2,1-3H3. The summed E-state index contributed by atoms with van der Waals surface area (Å²) in [4.78, 5) is 16.7. The topological polar surface area (TPSA) is 49.6 Å². The highest BCUT2D eigenvalue weighted by atomic mass is 16.2. The minimum atomic E-state index is -0.0164. The SMILES string of the molecule is CCC(CN)C(=O)N1CCN(c2cccc(C)c2C)CC1. The first-order valence-corrected chi connectivity index (χ1v) is 7.88. The lowest BCUT2D eigenvalue weighted by Crippen LogP contribution is -2.51. The Morgan fingerprint density at radius 3 is 2.48 bits per heavy atom. The molecule has 1 atom stereocenters. The number of nitrogens with zero attached hydrogens (tertiary/aromatic N) is 2. The Bertz CT molecular complexity index is 489. The van der Waals surface area contributed by atoms with Crippen molar-refractivity contribution in [1.82, 2.24) is 4.90 Å². The molecule has 0 spiro atoms. The highest BCUT2D eigenvalue weighted by Gasteiger charge is 2.26. The summed E-state index contributed by atoms with van der Waals surface area (Å²) in [6.45, 7) is 10.2. The van der Waals surface area contributed by atoms with E-state index in [4.69, 9.17) is 5.73 Å². The van der Waals surface area contributed by atoms with Gasteiger partial charge in [0.15, 0.2) is 0 Å². The Hall–Kier alpha value is -1.55. The maximum atomic E-state index is 12.4. The van der Waals surface area contributed by atoms with Crippen LogP contribution in [-0.4, -0.2) is 43.5 Å². The van der Waals surface area contributed by atoms with Crippen molar-refractivity contribution < 1.29 is 4.79 Å². The lowest BCUT2D eigenvalue weighted by atomic mass is 10.0. The summed E-state index contributed by atoms with van der Waals surface area (Å²) in [5.74, 6) is 0.206. The van der Waals surface area contributed by atoms with Crippen LogP contribution in [0, 0.1) is 19.8 Å². The van der Waals surface area contributed by atoms with Gasteiger partial charge in [-0.2, -0.15) is 0 Å². The van der Waals surface area contributed by atoms with E-state index in [0.717, 1.165) is 32.6 Å². The maximum Gasteiger partial charge on any atom is 0.227 e. The van der Waals surface area contributed by atoms with Gasteiger partial charge in [-0.05, 0) is 37.5 Å². The molecule has 1 fully saturated rings. The zero-order valence-corrected chi connectivity index (χ0v) is 13.4. The molecule has 21 heavy (non-hydrogen) atoms. The zero-order chi connectivity index (χ0) is 15.4. The molecular formula is C17H27N3O. The van der Waals surface area contributed by atoms with Crippen molar-refractivity contribution in [3.8, 4) is 0 Å². The molecule has 2 rings (SSSR count). The molecule has 2 N–H and O–H groups in total. The van der Waals surface area contributed by atoms with Gasteiger partial charge in [-0.3, -0.25) is 4.79 Å². The van der Waals surface area contributed by atoms with Gasteiger partial charge in [-0.1, -0.05) is 19.1 Å². The lowest BCUT2D eigenvalue weighted by Gasteiger charge is -2.38. The van der Waals surface area contributed by atoms with Crippen LogP contribution in [0.3, 0.4) is 0 Å². The average molecular weight is 289 g/mol. The van der Waals surface area contributed by atoms with Crippen molar-refractivity contribution >= 4 is 11.6 Å². The van der Waals surface area contributed by atoms with Crippen molar-refractivity contribution in [3.63, 3.8) is 0 Å². The minimum absolute atomic E-state index is 0.0164. The van der Waals surface area contributed by atoms with Crippen LogP contribution < -0.4 is 10.6 Å². The van der Waals surface area contributed by atoms with E-state index in [0.29, 0.717) is 6.54 Å². The fourth-order valence-corrected chi connectivity index (χ4v) is 2.95. The van der Waals surface area contributed by atoms with Gasteiger partial charge in [0.2, 0.25) is 5.91 Å². The Kier molecular flexibility index (Phi) is 5.23. The van der Waals surface area contributed by atoms with Crippen LogP contribution in [0.15, 0.2) is 18.2 Å². The summed E-state index contributed by atoms with van der Waals surface area (Å²) in [5.41, 5.74) is 9.65. The third kappa shape index (κ3) is 3.38. The number of benzene rings is 1. The number of carbonyl (C=O) groups excluding carboxylic acids is 1. The minimum Gasteiger partial charge on any atom is -0.368 e. The van der Waals surface area contributed by atoms with Crippen molar-refractivity contribution in [2.75, 3.05) is 37.6 Å². The second-order valence-corrected chi connectivity index (χ2v) is 5.87. The van der Waals surface area contributed by atoms with Crippen LogP contribution in [0.2, 0.25) is 0 Å². The van der Waals surface area contributed by atoms with Crippen LogP contribution >= 0.6 is 0 Å². The fourth-order valence-electron chi connectivity index (χ4n) is 2.95. The van der Waals surface area contributed by atoms with Gasteiger partial charge in [-0.15, -0.1) is 0 Å². The Morgan fingerprint density at radius 1 is 1.24 bits per heavy atom. The molecule has 0 bridgehead atoms. The molecule has 0 aliphatic carbocycles. The molecule has 4 heteroatoms. The third-order valence-electron chi connectivity index (χ3n) is 4.63. The number of rotatable bonds is 4. The first kappa shape index (κ1) is 15.8. The smallest absolute Gasteiger partial charge is 0.227 e. The highest BCUT2D eigenvalue weighted by Crippen LogP contribution is 2.24. The molecule has 116 valence electrons. The number of anilines is 1. The quantitative estimate of drug-likeness (QED) is 0.921. The predicted molar refractivity (Wildman–Crippen MR) is 87.5 cm³/mol. The Balaban J connectivity index is 2.00. The molecule has 1 amide bonds. The van der Waals surface area contributed by atoms with Crippen molar-refractivity contribution in [3.05, 3.63) is 29.3 Å². The summed E-state index contributed by atoms with van der Waals surface area (Å²) in [6, 6.07) is 6.43. The first-order valence-electron chi connectivity index (χ1n) is 7.88. The molecule has 1 unspecified atom stereocenters. The van der Waals surface area contributed by atoms with Crippen LogP contribution in [0.4, 0.5) is 5.69 Å². The van der Waals surface area contributed by atoms with E-state index in [1.54, 1.807) is 0 Å². The molecule has 1 aliphatic rings. The maximum absolute atomic E-state index is 12.4. The normalized spacial score (nSPS) is 17.0. The Morgan fingerprint density at radius 2 is 1.90 bits per heavy atom. The Labute approximate surface area is 127 Å². The second-order valence-electron chi connectivity index (χ2n) is 5.87. The van der Waals surface area contributed by atoms with Crippen LogP contribution in [0.1, 0.15) is 24.5 Å². The van der Waals surface area contributed by atoms with Crippen LogP contribution in [0.5, 0.6) is 0 Å². The first-order chi connectivity index (χ1) is 10.1. The average Bonchev–Trinajstić information content (AvgIpc) is 2.51. The number of piperazine rings is 1. The largest absolute Gasteiger partial charge is 0.368 e. The number of amides is 1. The summed E-state index contributed by atoms with van der Waals surface area (Å²) in [7, 11) is 0. The molecule has 0 aromatic heterocycles. The van der Waals surface area contributed by atoms with Gasteiger partial charge in [0, 0.05) is 38.4 Å². The molecule has 0 radical (unpaired) electrons. The monoisotopic (exact) mass is 289 g/mol. The lowest BCUT2D eigenvalue weighted by molar-refractivity contribution is -0.135. The predicted octanol–water partition coefficient (Wildman–Crippen LogP) is 1.94. The molecule has 1 aromatic rings. The van der Waals surface area contributed by atoms with Gasteiger partial charge < -0.3 is 15.5 Å². The molecule has 0 saturated carbocycles. The van der Waals surface area contributed by atoms with Gasteiger partial charge >= 0.3 is 0 Å². The van der Waals surface area contributed by atoms with Gasteiger partial charge in [0.05, 0.1) is 5.92 Å². The van der Waals surface area contributed by atoms with Crippen LogP contribution in [-0.2, 0) is 4.79 Å². The number of carbonyl (C=O) groups is 1. The fraction of sp³-hybridized carbons (Fsp3) is 0.588.